The molecule has 32 heavy (non-hydrogen) atoms. The Bertz CT molecular complexity index is 1300. The summed E-state index contributed by atoms with van der Waals surface area (Å²) in [5.41, 5.74) is 7.58. The maximum atomic E-state index is 13.6. The number of carbonyl (C=O) groups is 1. The van der Waals surface area contributed by atoms with Crippen molar-refractivity contribution >= 4 is 16.8 Å². The zero-order valence-electron chi connectivity index (χ0n) is 18.2. The molecule has 160 valence electrons. The van der Waals surface area contributed by atoms with Crippen molar-refractivity contribution in [1.82, 2.24) is 9.88 Å². The summed E-state index contributed by atoms with van der Waals surface area (Å²) < 4.78 is 5.94. The Morgan fingerprint density at radius 2 is 1.78 bits per heavy atom. The van der Waals surface area contributed by atoms with E-state index in [1.807, 2.05) is 23.1 Å². The molecule has 0 aliphatic carbocycles. The molecule has 2 aliphatic rings. The van der Waals surface area contributed by atoms with Crippen molar-refractivity contribution in [3.63, 3.8) is 0 Å². The van der Waals surface area contributed by atoms with Crippen LogP contribution >= 0.6 is 0 Å². The molecule has 4 aromatic rings. The summed E-state index contributed by atoms with van der Waals surface area (Å²) in [6.45, 7) is 3.50. The predicted octanol–water partition coefficient (Wildman–Crippen LogP) is 5.87. The molecule has 4 nitrogen and oxygen atoms in total. The fourth-order valence-corrected chi connectivity index (χ4v) is 5.27. The van der Waals surface area contributed by atoms with E-state index in [-0.39, 0.29) is 18.1 Å². The van der Waals surface area contributed by atoms with Crippen LogP contribution in [0.4, 0.5) is 0 Å². The maximum Gasteiger partial charge on any atom is 0.255 e. The molecule has 0 bridgehead atoms. The second-order valence-corrected chi connectivity index (χ2v) is 8.91. The van der Waals surface area contributed by atoms with E-state index in [2.05, 4.69) is 66.5 Å². The van der Waals surface area contributed by atoms with E-state index in [0.29, 0.717) is 6.54 Å². The molecule has 0 radical (unpaired) electrons. The molecular formula is C28H26N2O2. The van der Waals surface area contributed by atoms with E-state index in [4.69, 9.17) is 4.74 Å². The number of nitrogens with one attached hydrogen (secondary N) is 1. The zero-order valence-corrected chi connectivity index (χ0v) is 18.2. The number of hydrogen-bond donors (Lipinski definition) is 1. The molecule has 2 unspecified atom stereocenters. The smallest absolute Gasteiger partial charge is 0.255 e. The quantitative estimate of drug-likeness (QED) is 0.447. The van der Waals surface area contributed by atoms with Gasteiger partial charge in [0.1, 0.15) is 0 Å². The second-order valence-electron chi connectivity index (χ2n) is 8.91. The van der Waals surface area contributed by atoms with Crippen LogP contribution in [0, 0.1) is 6.92 Å². The first kappa shape index (κ1) is 19.3. The van der Waals surface area contributed by atoms with E-state index >= 15 is 0 Å². The number of ether oxygens (including phenoxy) is 1. The number of hydrogen-bond acceptors (Lipinski definition) is 2. The van der Waals surface area contributed by atoms with Gasteiger partial charge in [-0.05, 0) is 43.0 Å². The molecule has 0 spiro atoms. The van der Waals surface area contributed by atoms with Crippen molar-refractivity contribution in [2.45, 2.75) is 31.9 Å². The lowest BCUT2D eigenvalue weighted by molar-refractivity contribution is 0.0501. The van der Waals surface area contributed by atoms with Crippen molar-refractivity contribution in [3.8, 4) is 11.3 Å². The number of fused-ring (bicyclic) bond motifs is 2. The van der Waals surface area contributed by atoms with Crippen LogP contribution < -0.4 is 0 Å². The zero-order chi connectivity index (χ0) is 21.7. The summed E-state index contributed by atoms with van der Waals surface area (Å²) in [7, 11) is 0. The van der Waals surface area contributed by atoms with E-state index in [0.717, 1.165) is 52.7 Å². The van der Waals surface area contributed by atoms with Crippen molar-refractivity contribution < 1.29 is 9.53 Å². The highest BCUT2D eigenvalue weighted by Crippen LogP contribution is 2.45. The van der Waals surface area contributed by atoms with Crippen LogP contribution in [-0.4, -0.2) is 35.0 Å². The van der Waals surface area contributed by atoms with Crippen molar-refractivity contribution in [2.75, 3.05) is 13.2 Å². The first-order chi connectivity index (χ1) is 15.7. The minimum Gasteiger partial charge on any atom is -0.376 e. The molecule has 2 aliphatic heterocycles. The molecule has 1 saturated heterocycles. The minimum absolute atomic E-state index is 0.0984. The number of aromatic nitrogens is 1. The molecule has 0 saturated carbocycles. The number of aromatic amines is 1. The van der Waals surface area contributed by atoms with Crippen LogP contribution in [0.5, 0.6) is 0 Å². The molecular weight excluding hydrogens is 396 g/mol. The Morgan fingerprint density at radius 3 is 2.59 bits per heavy atom. The number of aryl methyl sites for hydroxylation is 1. The molecule has 1 aromatic heterocycles. The third-order valence-electron chi connectivity index (χ3n) is 6.84. The number of para-hydroxylation sites is 1. The van der Waals surface area contributed by atoms with Crippen LogP contribution in [0.15, 0.2) is 72.8 Å². The fraction of sp³-hybridized carbons (Fsp3) is 0.250. The highest BCUT2D eigenvalue weighted by atomic mass is 16.5. The Morgan fingerprint density at radius 1 is 1.00 bits per heavy atom. The molecule has 1 amide bonds. The largest absolute Gasteiger partial charge is 0.376 e. The van der Waals surface area contributed by atoms with Gasteiger partial charge in [-0.15, -0.1) is 0 Å². The van der Waals surface area contributed by atoms with Gasteiger partial charge in [0.05, 0.1) is 17.8 Å². The van der Waals surface area contributed by atoms with Crippen LogP contribution in [0.3, 0.4) is 0 Å². The minimum atomic E-state index is -0.143. The normalized spacial score (nSPS) is 20.3. The Balaban J connectivity index is 1.57. The van der Waals surface area contributed by atoms with Gasteiger partial charge in [0.25, 0.3) is 5.91 Å². The number of amides is 1. The molecule has 1 N–H and O–H groups in total. The third-order valence-corrected chi connectivity index (χ3v) is 6.84. The molecule has 4 heteroatoms. The Labute approximate surface area is 187 Å². The van der Waals surface area contributed by atoms with Crippen molar-refractivity contribution in [1.29, 1.82) is 0 Å². The first-order valence-corrected chi connectivity index (χ1v) is 11.4. The number of H-pyrrole nitrogens is 1. The van der Waals surface area contributed by atoms with Crippen LogP contribution in [0.25, 0.3) is 22.2 Å². The van der Waals surface area contributed by atoms with Crippen molar-refractivity contribution in [3.05, 3.63) is 95.1 Å². The van der Waals surface area contributed by atoms with Gasteiger partial charge in [-0.3, -0.25) is 4.79 Å². The van der Waals surface area contributed by atoms with Gasteiger partial charge in [0, 0.05) is 35.2 Å². The lowest BCUT2D eigenvalue weighted by atomic mass is 9.93. The Hall–Kier alpha value is -3.37. The lowest BCUT2D eigenvalue weighted by Crippen LogP contribution is -2.35. The topological polar surface area (TPSA) is 45.3 Å². The predicted molar refractivity (Wildman–Crippen MR) is 127 cm³/mol. The number of benzene rings is 3. The van der Waals surface area contributed by atoms with E-state index in [1.165, 1.54) is 11.1 Å². The molecule has 1 fully saturated rings. The highest BCUT2D eigenvalue weighted by molar-refractivity contribution is 6.02. The van der Waals surface area contributed by atoms with Gasteiger partial charge in [-0.2, -0.15) is 0 Å². The summed E-state index contributed by atoms with van der Waals surface area (Å²) >= 11 is 0. The molecule has 2 atom stereocenters. The molecule has 6 rings (SSSR count). The summed E-state index contributed by atoms with van der Waals surface area (Å²) in [4.78, 5) is 19.3. The number of rotatable bonds is 4. The van der Waals surface area contributed by atoms with Crippen LogP contribution in [0.2, 0.25) is 0 Å². The SMILES string of the molecule is Cc1ccc(-c2[nH]c3ccccc3c2C2c3ccccc3C(=O)N2CC2CCCO2)cc1. The van der Waals surface area contributed by atoms with Gasteiger partial charge < -0.3 is 14.6 Å². The summed E-state index contributed by atoms with van der Waals surface area (Å²) in [6, 6.07) is 24.9. The van der Waals surface area contributed by atoms with Gasteiger partial charge in [0.2, 0.25) is 0 Å². The third kappa shape index (κ3) is 3.06. The first-order valence-electron chi connectivity index (χ1n) is 11.4. The number of nitrogens with zero attached hydrogens (tertiary/aromatic N) is 1. The summed E-state index contributed by atoms with van der Waals surface area (Å²) in [5.74, 6) is 0.0984. The van der Waals surface area contributed by atoms with E-state index in [9.17, 15) is 4.79 Å². The van der Waals surface area contributed by atoms with Crippen LogP contribution in [-0.2, 0) is 4.74 Å². The summed E-state index contributed by atoms with van der Waals surface area (Å²) in [5, 5.41) is 1.16. The number of carbonyl (C=O) groups excluding carboxylic acids is 1. The lowest BCUT2D eigenvalue weighted by Gasteiger charge is -2.28. The molecule has 3 aromatic carbocycles. The molecule has 3 heterocycles. The average Bonchev–Trinajstić information content (AvgIpc) is 3.53. The van der Waals surface area contributed by atoms with Crippen molar-refractivity contribution in [2.24, 2.45) is 0 Å². The standard InChI is InChI=1S/C28H26N2O2/c1-18-12-14-19(15-13-18)26-25(23-10-4-5-11-24(23)29-26)27-21-8-2-3-9-22(21)28(31)30(27)17-20-7-6-16-32-20/h2-5,8-15,20,27,29H,6-7,16-17H2,1H3. The van der Waals surface area contributed by atoms with Gasteiger partial charge in [-0.25, -0.2) is 0 Å². The van der Waals surface area contributed by atoms with E-state index < -0.39 is 0 Å². The van der Waals surface area contributed by atoms with Gasteiger partial charge >= 0.3 is 0 Å². The Kier molecular flexibility index (Phi) is 4.62. The monoisotopic (exact) mass is 422 g/mol. The fourth-order valence-electron chi connectivity index (χ4n) is 5.27. The highest BCUT2D eigenvalue weighted by Gasteiger charge is 2.41. The van der Waals surface area contributed by atoms with Gasteiger partial charge in [-0.1, -0.05) is 66.2 Å². The van der Waals surface area contributed by atoms with E-state index in [1.54, 1.807) is 0 Å². The average molecular weight is 423 g/mol. The van der Waals surface area contributed by atoms with Crippen LogP contribution in [0.1, 0.15) is 45.9 Å². The maximum absolute atomic E-state index is 13.6. The summed E-state index contributed by atoms with van der Waals surface area (Å²) in [6.07, 6.45) is 2.17. The van der Waals surface area contributed by atoms with Gasteiger partial charge in [0.15, 0.2) is 0 Å². The second kappa shape index (κ2) is 7.64.